The third-order valence-corrected chi connectivity index (χ3v) is 4.39. The van der Waals surface area contributed by atoms with E-state index in [4.69, 9.17) is 9.47 Å². The van der Waals surface area contributed by atoms with Crippen LogP contribution < -0.4 is 19.7 Å². The summed E-state index contributed by atoms with van der Waals surface area (Å²) >= 11 is 0. The number of aryl methyl sites for hydroxylation is 1. The fourth-order valence-corrected chi connectivity index (χ4v) is 3.00. The molecule has 1 fully saturated rings. The molecule has 0 saturated carbocycles. The molecule has 2 heterocycles. The highest BCUT2D eigenvalue weighted by molar-refractivity contribution is 5.91. The number of carbonyl (C=O) groups excluding carboxylic acids is 1. The van der Waals surface area contributed by atoms with Crippen LogP contribution in [-0.4, -0.2) is 37.7 Å². The van der Waals surface area contributed by atoms with Crippen molar-refractivity contribution in [3.05, 3.63) is 42.1 Å². The number of methoxy groups -OCH3 is 1. The van der Waals surface area contributed by atoms with Crippen molar-refractivity contribution in [1.82, 2.24) is 4.98 Å². The Kier molecular flexibility index (Phi) is 5.94. The van der Waals surface area contributed by atoms with Crippen molar-refractivity contribution in [3.8, 4) is 11.5 Å². The van der Waals surface area contributed by atoms with E-state index in [1.54, 1.807) is 19.4 Å². The Morgan fingerprint density at radius 1 is 1.15 bits per heavy atom. The minimum atomic E-state index is -0.236. The second-order valence-electron chi connectivity index (χ2n) is 6.44. The van der Waals surface area contributed by atoms with E-state index in [0.29, 0.717) is 17.2 Å². The number of benzene rings is 1. The first kappa shape index (κ1) is 18.0. The maximum Gasteiger partial charge on any atom is 0.262 e. The molecule has 1 N–H and O–H groups in total. The van der Waals surface area contributed by atoms with Crippen molar-refractivity contribution in [3.63, 3.8) is 0 Å². The molecule has 6 heteroatoms. The Morgan fingerprint density at radius 2 is 1.96 bits per heavy atom. The highest BCUT2D eigenvalue weighted by Gasteiger charge is 2.12. The molecule has 6 nitrogen and oxygen atoms in total. The van der Waals surface area contributed by atoms with Crippen LogP contribution in [0, 0.1) is 6.92 Å². The quantitative estimate of drug-likeness (QED) is 0.860. The van der Waals surface area contributed by atoms with Gasteiger partial charge in [-0.2, -0.15) is 0 Å². The molecule has 0 radical (unpaired) electrons. The molecule has 138 valence electrons. The minimum absolute atomic E-state index is 0.0900. The Hall–Kier alpha value is -2.76. The molecule has 1 aliphatic heterocycles. The van der Waals surface area contributed by atoms with Gasteiger partial charge in [0.2, 0.25) is 0 Å². The normalized spacial score (nSPS) is 14.0. The molecule has 1 aromatic carbocycles. The summed E-state index contributed by atoms with van der Waals surface area (Å²) in [6.07, 6.45) is 5.39. The maximum atomic E-state index is 12.1. The van der Waals surface area contributed by atoms with Gasteiger partial charge >= 0.3 is 0 Å². The summed E-state index contributed by atoms with van der Waals surface area (Å²) in [6.45, 7) is 3.97. The van der Waals surface area contributed by atoms with E-state index in [2.05, 4.69) is 15.2 Å². The lowest BCUT2D eigenvalue weighted by atomic mass is 10.1. The van der Waals surface area contributed by atoms with Crippen LogP contribution in [-0.2, 0) is 4.79 Å². The zero-order valence-electron chi connectivity index (χ0n) is 15.3. The van der Waals surface area contributed by atoms with Crippen LogP contribution in [0.15, 0.2) is 36.5 Å². The summed E-state index contributed by atoms with van der Waals surface area (Å²) < 4.78 is 10.8. The van der Waals surface area contributed by atoms with Gasteiger partial charge in [-0.1, -0.05) is 6.07 Å². The molecule has 2 aromatic rings. The number of anilines is 2. The smallest absolute Gasteiger partial charge is 0.262 e. The van der Waals surface area contributed by atoms with Crippen molar-refractivity contribution in [2.45, 2.75) is 26.2 Å². The summed E-state index contributed by atoms with van der Waals surface area (Å²) in [5, 5.41) is 2.81. The highest BCUT2D eigenvalue weighted by Crippen LogP contribution is 2.27. The van der Waals surface area contributed by atoms with Gasteiger partial charge in [-0.25, -0.2) is 4.98 Å². The number of aromatic nitrogens is 1. The average molecular weight is 355 g/mol. The number of piperidine rings is 1. The summed E-state index contributed by atoms with van der Waals surface area (Å²) in [4.78, 5) is 18.9. The van der Waals surface area contributed by atoms with Gasteiger partial charge < -0.3 is 19.7 Å². The first-order chi connectivity index (χ1) is 12.7. The number of hydrogen-bond acceptors (Lipinski definition) is 5. The molecule has 26 heavy (non-hydrogen) atoms. The monoisotopic (exact) mass is 355 g/mol. The first-order valence-electron chi connectivity index (χ1n) is 8.94. The van der Waals surface area contributed by atoms with Gasteiger partial charge in [-0.15, -0.1) is 0 Å². The van der Waals surface area contributed by atoms with Crippen molar-refractivity contribution < 1.29 is 14.3 Å². The fraction of sp³-hybridized carbons (Fsp3) is 0.400. The van der Waals surface area contributed by atoms with Crippen molar-refractivity contribution >= 4 is 17.4 Å². The summed E-state index contributed by atoms with van der Waals surface area (Å²) in [7, 11) is 1.58. The molecule has 1 aromatic heterocycles. The second kappa shape index (κ2) is 8.56. The van der Waals surface area contributed by atoms with Crippen molar-refractivity contribution in [2.24, 2.45) is 0 Å². The predicted octanol–water partition coefficient (Wildman–Crippen LogP) is 3.41. The van der Waals surface area contributed by atoms with Crippen molar-refractivity contribution in [1.29, 1.82) is 0 Å². The summed E-state index contributed by atoms with van der Waals surface area (Å²) in [5.74, 6) is 1.89. The van der Waals surface area contributed by atoms with Crippen LogP contribution in [0.1, 0.15) is 24.8 Å². The number of rotatable bonds is 6. The van der Waals surface area contributed by atoms with Crippen LogP contribution >= 0.6 is 0 Å². The van der Waals surface area contributed by atoms with Gasteiger partial charge in [-0.3, -0.25) is 4.79 Å². The standard InChI is InChI=1S/C20H25N3O3/c1-15-6-8-17(18(12-15)25-2)26-14-20(24)22-16-7-9-19(21-13-16)23-10-4-3-5-11-23/h6-9,12-13H,3-5,10-11,14H2,1-2H3,(H,22,24). The molecule has 3 rings (SSSR count). The van der Waals surface area contributed by atoms with Crippen LogP contribution in [0.5, 0.6) is 11.5 Å². The van der Waals surface area contributed by atoms with Crippen LogP contribution in [0.4, 0.5) is 11.5 Å². The number of ether oxygens (including phenoxy) is 2. The molecule has 0 atom stereocenters. The molecule has 1 amide bonds. The van der Waals surface area contributed by atoms with Gasteiger partial charge in [0.25, 0.3) is 5.91 Å². The zero-order valence-corrected chi connectivity index (χ0v) is 15.3. The van der Waals surface area contributed by atoms with E-state index in [1.165, 1.54) is 19.3 Å². The van der Waals surface area contributed by atoms with E-state index >= 15 is 0 Å². The zero-order chi connectivity index (χ0) is 18.4. The SMILES string of the molecule is COc1cc(C)ccc1OCC(=O)Nc1ccc(N2CCCCC2)nc1. The van der Waals surface area contributed by atoms with Gasteiger partial charge in [-0.05, 0) is 56.0 Å². The molecular weight excluding hydrogens is 330 g/mol. The number of hydrogen-bond donors (Lipinski definition) is 1. The number of amides is 1. The van der Waals surface area contributed by atoms with Crippen molar-refractivity contribution in [2.75, 3.05) is 37.0 Å². The van der Waals surface area contributed by atoms with Crippen LogP contribution in [0.2, 0.25) is 0 Å². The Morgan fingerprint density at radius 3 is 2.65 bits per heavy atom. The van der Waals surface area contributed by atoms with Crippen LogP contribution in [0.3, 0.4) is 0 Å². The lowest BCUT2D eigenvalue weighted by Gasteiger charge is -2.27. The number of nitrogens with one attached hydrogen (secondary N) is 1. The van der Waals surface area contributed by atoms with E-state index in [0.717, 1.165) is 24.5 Å². The largest absolute Gasteiger partial charge is 0.493 e. The third kappa shape index (κ3) is 4.65. The molecule has 0 bridgehead atoms. The summed E-state index contributed by atoms with van der Waals surface area (Å²) in [5.41, 5.74) is 1.73. The molecule has 0 aliphatic carbocycles. The number of pyridine rings is 1. The van der Waals surface area contributed by atoms with Gasteiger partial charge in [0.05, 0.1) is 19.0 Å². The first-order valence-corrected chi connectivity index (χ1v) is 8.94. The molecule has 0 unspecified atom stereocenters. The van der Waals surface area contributed by atoms with E-state index < -0.39 is 0 Å². The van der Waals surface area contributed by atoms with E-state index in [-0.39, 0.29) is 12.5 Å². The van der Waals surface area contributed by atoms with Gasteiger partial charge in [0, 0.05) is 13.1 Å². The van der Waals surface area contributed by atoms with Gasteiger partial charge in [0.15, 0.2) is 18.1 Å². The van der Waals surface area contributed by atoms with E-state index in [1.807, 2.05) is 31.2 Å². The highest BCUT2D eigenvalue weighted by atomic mass is 16.5. The summed E-state index contributed by atoms with van der Waals surface area (Å²) in [6, 6.07) is 9.41. The fourth-order valence-electron chi connectivity index (χ4n) is 3.00. The van der Waals surface area contributed by atoms with Crippen LogP contribution in [0.25, 0.3) is 0 Å². The molecular formula is C20H25N3O3. The Balaban J connectivity index is 1.53. The third-order valence-electron chi connectivity index (χ3n) is 4.39. The lowest BCUT2D eigenvalue weighted by Crippen LogP contribution is -2.30. The number of carbonyl (C=O) groups is 1. The number of nitrogens with zero attached hydrogens (tertiary/aromatic N) is 2. The Bertz CT molecular complexity index is 740. The Labute approximate surface area is 154 Å². The topological polar surface area (TPSA) is 63.7 Å². The maximum absolute atomic E-state index is 12.1. The second-order valence-corrected chi connectivity index (χ2v) is 6.44. The average Bonchev–Trinajstić information content (AvgIpc) is 2.68. The minimum Gasteiger partial charge on any atom is -0.493 e. The molecule has 0 spiro atoms. The molecule has 1 saturated heterocycles. The van der Waals surface area contributed by atoms with E-state index in [9.17, 15) is 4.79 Å². The lowest BCUT2D eigenvalue weighted by molar-refractivity contribution is -0.118. The van der Waals surface area contributed by atoms with Gasteiger partial charge in [0.1, 0.15) is 5.82 Å². The predicted molar refractivity (Wildman–Crippen MR) is 102 cm³/mol. The molecule has 1 aliphatic rings.